The van der Waals surface area contributed by atoms with E-state index in [2.05, 4.69) is 31.3 Å². The van der Waals surface area contributed by atoms with Crippen molar-refractivity contribution < 1.29 is 28.0 Å². The lowest BCUT2D eigenvalue weighted by atomic mass is 10.0. The highest BCUT2D eigenvalue weighted by Gasteiger charge is 2.27. The maximum atomic E-state index is 12.5. The van der Waals surface area contributed by atoms with Gasteiger partial charge in [-0.15, -0.1) is 0 Å². The number of carbonyl (C=O) groups excluding carboxylic acids is 1. The highest BCUT2D eigenvalue weighted by Crippen LogP contribution is 2.14. The zero-order valence-corrected chi connectivity index (χ0v) is 31.3. The monoisotopic (exact) mass is 686 g/mol. The number of nitrogens with one attached hydrogen (secondary N) is 1. The number of amides is 1. The summed E-state index contributed by atoms with van der Waals surface area (Å²) in [5, 5.41) is 23.3. The molecule has 0 saturated heterocycles. The quantitative estimate of drug-likeness (QED) is 0.0299. The minimum Gasteiger partial charge on any atom is -0.387 e. The molecule has 0 heterocycles. The average Bonchev–Trinajstić information content (AvgIpc) is 3.03. The van der Waals surface area contributed by atoms with Crippen molar-refractivity contribution in [1.29, 1.82) is 0 Å². The number of rotatable bonds is 35. The van der Waals surface area contributed by atoms with Gasteiger partial charge in [-0.1, -0.05) is 173 Å². The second-order valence-corrected chi connectivity index (χ2v) is 15.2. The molecule has 0 bridgehead atoms. The van der Waals surface area contributed by atoms with Crippen molar-refractivity contribution in [2.75, 3.05) is 5.75 Å². The Morgan fingerprint density at radius 3 is 1.34 bits per heavy atom. The first kappa shape index (κ1) is 45.8. The van der Waals surface area contributed by atoms with Crippen LogP contribution in [0.4, 0.5) is 0 Å². The summed E-state index contributed by atoms with van der Waals surface area (Å²) in [6, 6.07) is -1.23. The minimum atomic E-state index is -4.43. The predicted molar refractivity (Wildman–Crippen MR) is 199 cm³/mol. The third-order valence-electron chi connectivity index (χ3n) is 8.98. The van der Waals surface area contributed by atoms with Gasteiger partial charge < -0.3 is 15.5 Å². The largest absolute Gasteiger partial charge is 0.387 e. The number of hydrogen-bond donors (Lipinski definition) is 4. The molecule has 8 heteroatoms. The molecule has 4 N–H and O–H groups in total. The van der Waals surface area contributed by atoms with E-state index in [-0.39, 0.29) is 6.42 Å². The van der Waals surface area contributed by atoms with Gasteiger partial charge in [0.05, 0.1) is 17.9 Å². The number of allylic oxidation sites excluding steroid dienone is 3. The summed E-state index contributed by atoms with van der Waals surface area (Å²) in [5.74, 6) is -1.54. The first-order chi connectivity index (χ1) is 22.7. The lowest BCUT2D eigenvalue weighted by Gasteiger charge is -2.22. The van der Waals surface area contributed by atoms with E-state index in [0.29, 0.717) is 6.42 Å². The minimum absolute atomic E-state index is 0.274. The average molecular weight is 686 g/mol. The van der Waals surface area contributed by atoms with E-state index < -0.39 is 40.0 Å². The maximum Gasteiger partial charge on any atom is 0.267 e. The third kappa shape index (κ3) is 33.1. The zero-order valence-electron chi connectivity index (χ0n) is 30.5. The van der Waals surface area contributed by atoms with Crippen molar-refractivity contribution in [2.45, 2.75) is 212 Å². The summed E-state index contributed by atoms with van der Waals surface area (Å²) in [4.78, 5) is 12.5. The molecule has 7 nitrogen and oxygen atoms in total. The van der Waals surface area contributed by atoms with Crippen molar-refractivity contribution in [1.82, 2.24) is 5.32 Å². The van der Waals surface area contributed by atoms with Gasteiger partial charge in [-0.05, 0) is 44.9 Å². The lowest BCUT2D eigenvalue weighted by Crippen LogP contribution is -2.50. The highest BCUT2D eigenvalue weighted by molar-refractivity contribution is 7.85. The molecule has 1 amide bonds. The molecule has 0 spiro atoms. The Morgan fingerprint density at radius 2 is 0.936 bits per heavy atom. The number of unbranched alkanes of at least 4 members (excludes halogenated alkanes) is 24. The van der Waals surface area contributed by atoms with Gasteiger partial charge in [-0.3, -0.25) is 9.35 Å². The molecule has 0 aliphatic heterocycles. The molecule has 0 radical (unpaired) electrons. The third-order valence-corrected chi connectivity index (χ3v) is 9.76. The van der Waals surface area contributed by atoms with E-state index in [1.807, 2.05) is 0 Å². The van der Waals surface area contributed by atoms with E-state index in [4.69, 9.17) is 0 Å². The zero-order chi connectivity index (χ0) is 34.9. The predicted octanol–water partition coefficient (Wildman–Crippen LogP) is 10.2. The Hall–Kier alpha value is -1.22. The van der Waals surface area contributed by atoms with Crippen LogP contribution in [0.2, 0.25) is 0 Å². The Morgan fingerprint density at radius 1 is 0.574 bits per heavy atom. The van der Waals surface area contributed by atoms with Crippen LogP contribution in [0.1, 0.15) is 194 Å². The first-order valence-corrected chi connectivity index (χ1v) is 21.3. The van der Waals surface area contributed by atoms with Gasteiger partial charge in [0.25, 0.3) is 10.1 Å². The van der Waals surface area contributed by atoms with E-state index in [1.165, 1.54) is 128 Å². The topological polar surface area (TPSA) is 124 Å². The van der Waals surface area contributed by atoms with Crippen LogP contribution in [0.15, 0.2) is 24.3 Å². The summed E-state index contributed by atoms with van der Waals surface area (Å²) in [7, 11) is -4.43. The number of carbonyl (C=O) groups is 1. The van der Waals surface area contributed by atoms with Gasteiger partial charge in [0.2, 0.25) is 5.91 Å². The second-order valence-electron chi connectivity index (χ2n) is 13.7. The molecule has 3 unspecified atom stereocenters. The van der Waals surface area contributed by atoms with Crippen LogP contribution in [0, 0.1) is 0 Å². The van der Waals surface area contributed by atoms with Gasteiger partial charge in [-0.2, -0.15) is 8.42 Å². The molecule has 0 aromatic carbocycles. The Balaban J connectivity index is 3.99. The number of aliphatic hydroxyl groups excluding tert-OH is 2. The first-order valence-electron chi connectivity index (χ1n) is 19.6. The highest BCUT2D eigenvalue weighted by atomic mass is 32.2. The smallest absolute Gasteiger partial charge is 0.267 e. The molecule has 0 saturated carbocycles. The second kappa shape index (κ2) is 33.3. The molecule has 0 aliphatic rings. The van der Waals surface area contributed by atoms with Gasteiger partial charge in [0.15, 0.2) is 0 Å². The summed E-state index contributed by atoms with van der Waals surface area (Å²) in [6.07, 6.45) is 38.1. The molecule has 278 valence electrons. The van der Waals surface area contributed by atoms with Gasteiger partial charge in [-0.25, -0.2) is 0 Å². The van der Waals surface area contributed by atoms with Crippen molar-refractivity contribution in [3.8, 4) is 0 Å². The maximum absolute atomic E-state index is 12.5. The van der Waals surface area contributed by atoms with Gasteiger partial charge in [0.1, 0.15) is 6.10 Å². The number of hydrogen-bond acceptors (Lipinski definition) is 5. The van der Waals surface area contributed by atoms with Gasteiger partial charge >= 0.3 is 0 Å². The van der Waals surface area contributed by atoms with Crippen LogP contribution in [0.3, 0.4) is 0 Å². The molecule has 47 heavy (non-hydrogen) atoms. The molecular formula is C39H75NO6S. The Labute approximate surface area is 290 Å². The van der Waals surface area contributed by atoms with Gasteiger partial charge in [0, 0.05) is 0 Å². The fourth-order valence-corrected chi connectivity index (χ4v) is 6.66. The fraction of sp³-hybridized carbons (Fsp3) is 0.872. The van der Waals surface area contributed by atoms with E-state index in [9.17, 15) is 28.0 Å². The van der Waals surface area contributed by atoms with E-state index >= 15 is 0 Å². The van der Waals surface area contributed by atoms with Crippen molar-refractivity contribution in [3.63, 3.8) is 0 Å². The van der Waals surface area contributed by atoms with E-state index in [0.717, 1.165) is 44.9 Å². The van der Waals surface area contributed by atoms with Crippen molar-refractivity contribution in [2.24, 2.45) is 0 Å². The molecule has 0 aromatic rings. The summed E-state index contributed by atoms with van der Waals surface area (Å²) in [5.41, 5.74) is 0. The Kier molecular flexibility index (Phi) is 32.4. The molecule has 0 rings (SSSR count). The van der Waals surface area contributed by atoms with Crippen LogP contribution in [-0.4, -0.2) is 53.1 Å². The van der Waals surface area contributed by atoms with Crippen LogP contribution < -0.4 is 5.32 Å². The van der Waals surface area contributed by atoms with Crippen LogP contribution in [0.25, 0.3) is 0 Å². The molecule has 0 aliphatic carbocycles. The van der Waals surface area contributed by atoms with Crippen LogP contribution in [-0.2, 0) is 14.9 Å². The van der Waals surface area contributed by atoms with Crippen LogP contribution >= 0.6 is 0 Å². The molecule has 0 aromatic heterocycles. The van der Waals surface area contributed by atoms with Crippen LogP contribution in [0.5, 0.6) is 0 Å². The van der Waals surface area contributed by atoms with E-state index in [1.54, 1.807) is 6.08 Å². The standard InChI is InChI=1S/C39H75NO6S/c1-3-5-7-9-11-13-15-16-17-18-19-20-21-22-23-24-26-28-30-32-34-38(42)39(43)40-36(35-47(44,45)46)37(41)33-31-29-27-25-14-12-10-8-6-4-2/h20-21,31,33,36-38,41-42H,3-19,22-30,32,34-35H2,1-2H3,(H,40,43)(H,44,45,46)/b21-20-,33-31+. The molecule has 3 atom stereocenters. The van der Waals surface area contributed by atoms with Crippen molar-refractivity contribution >= 4 is 16.0 Å². The summed E-state index contributed by atoms with van der Waals surface area (Å²) < 4.78 is 32.4. The van der Waals surface area contributed by atoms with Crippen molar-refractivity contribution in [3.05, 3.63) is 24.3 Å². The number of aliphatic hydroxyl groups is 2. The lowest BCUT2D eigenvalue weighted by molar-refractivity contribution is -0.130. The SMILES string of the molecule is CCCCCCCCCC/C=C/C(O)C(CS(=O)(=O)O)NC(=O)C(O)CCCCCCCC/C=C\CCCCCCCCCCCC. The molecule has 0 fully saturated rings. The summed E-state index contributed by atoms with van der Waals surface area (Å²) >= 11 is 0. The Bertz CT molecular complexity index is 860. The fourth-order valence-electron chi connectivity index (χ4n) is 5.92. The summed E-state index contributed by atoms with van der Waals surface area (Å²) in [6.45, 7) is 4.47. The molecular weight excluding hydrogens is 610 g/mol. The normalized spacial score (nSPS) is 14.2.